The average Bonchev–Trinajstić information content (AvgIpc) is 2.85. The van der Waals surface area contributed by atoms with E-state index >= 15 is 0 Å². The van der Waals surface area contributed by atoms with Crippen LogP contribution in [-0.2, 0) is 4.74 Å². The van der Waals surface area contributed by atoms with Crippen molar-refractivity contribution in [2.75, 3.05) is 13.7 Å². The molecule has 6 heteroatoms. The van der Waals surface area contributed by atoms with E-state index < -0.39 is 5.97 Å². The minimum atomic E-state index is -0.529. The number of aromatic nitrogens is 3. The van der Waals surface area contributed by atoms with E-state index in [-0.39, 0.29) is 12.4 Å². The monoisotopic (exact) mass is 271 g/mol. The van der Waals surface area contributed by atoms with Crippen LogP contribution in [0.5, 0.6) is 5.75 Å². The fraction of sp³-hybridized carbons (Fsp3) is 0.214. The maximum Gasteiger partial charge on any atom is 0.376 e. The Kier molecular flexibility index (Phi) is 2.98. The lowest BCUT2D eigenvalue weighted by atomic mass is 10.2. The van der Waals surface area contributed by atoms with E-state index in [0.29, 0.717) is 11.3 Å². The summed E-state index contributed by atoms with van der Waals surface area (Å²) < 4.78 is 10.3. The number of H-pyrrole nitrogens is 1. The highest BCUT2D eigenvalue weighted by atomic mass is 16.5. The molecule has 0 atom stereocenters. The Morgan fingerprint density at radius 3 is 2.95 bits per heavy atom. The Morgan fingerprint density at radius 2 is 2.20 bits per heavy atom. The number of nitrogens with one attached hydrogen (secondary N) is 1. The minimum absolute atomic E-state index is 0.0474. The quantitative estimate of drug-likeness (QED) is 0.739. The molecule has 6 nitrogen and oxygen atoms in total. The molecule has 0 bridgehead atoms. The second-order valence-electron chi connectivity index (χ2n) is 4.18. The molecule has 0 aliphatic carbocycles. The van der Waals surface area contributed by atoms with Crippen LogP contribution in [0.4, 0.5) is 0 Å². The van der Waals surface area contributed by atoms with Crippen LogP contribution in [0.1, 0.15) is 17.5 Å². The molecule has 0 spiro atoms. The summed E-state index contributed by atoms with van der Waals surface area (Å²) in [5, 5.41) is 0.831. The first-order chi connectivity index (χ1) is 9.74. The van der Waals surface area contributed by atoms with E-state index in [0.717, 1.165) is 16.4 Å². The number of benzene rings is 1. The van der Waals surface area contributed by atoms with Crippen molar-refractivity contribution in [3.63, 3.8) is 0 Å². The number of hydrogen-bond acceptors (Lipinski definition) is 5. The van der Waals surface area contributed by atoms with Gasteiger partial charge in [0.2, 0.25) is 5.82 Å². The Balaban J connectivity index is 2.26. The van der Waals surface area contributed by atoms with Crippen molar-refractivity contribution in [1.29, 1.82) is 0 Å². The van der Waals surface area contributed by atoms with Crippen molar-refractivity contribution in [3.05, 3.63) is 30.2 Å². The van der Waals surface area contributed by atoms with Crippen LogP contribution in [0.15, 0.2) is 24.4 Å². The van der Waals surface area contributed by atoms with E-state index in [1.165, 1.54) is 0 Å². The molecule has 0 radical (unpaired) electrons. The summed E-state index contributed by atoms with van der Waals surface area (Å²) in [4.78, 5) is 23.2. The highest BCUT2D eigenvalue weighted by Gasteiger charge is 2.15. The van der Waals surface area contributed by atoms with Gasteiger partial charge in [0.1, 0.15) is 11.3 Å². The number of nitrogens with zero attached hydrogens (tertiary/aromatic N) is 2. The fourth-order valence-electron chi connectivity index (χ4n) is 2.15. The second kappa shape index (κ2) is 4.80. The SMILES string of the molecule is CCOC(=O)c1ncc2[nH]c3cccc(OC)c3c2n1. The molecule has 0 saturated heterocycles. The predicted octanol–water partition coefficient (Wildman–Crippen LogP) is 2.30. The number of hydrogen-bond donors (Lipinski definition) is 1. The number of methoxy groups -OCH3 is 1. The summed E-state index contributed by atoms with van der Waals surface area (Å²) in [6, 6.07) is 5.65. The molecule has 1 N–H and O–H groups in total. The van der Waals surface area contributed by atoms with Crippen LogP contribution in [0.3, 0.4) is 0 Å². The van der Waals surface area contributed by atoms with Gasteiger partial charge in [-0.2, -0.15) is 0 Å². The molecule has 2 aromatic heterocycles. The van der Waals surface area contributed by atoms with Crippen molar-refractivity contribution < 1.29 is 14.3 Å². The third-order valence-corrected chi connectivity index (χ3v) is 3.00. The number of aromatic amines is 1. The zero-order valence-electron chi connectivity index (χ0n) is 11.1. The molecular weight excluding hydrogens is 258 g/mol. The van der Waals surface area contributed by atoms with Crippen molar-refractivity contribution in [2.45, 2.75) is 6.92 Å². The summed E-state index contributed by atoms with van der Waals surface area (Å²) in [6.07, 6.45) is 1.58. The fourth-order valence-corrected chi connectivity index (χ4v) is 2.15. The van der Waals surface area contributed by atoms with Crippen LogP contribution >= 0.6 is 0 Å². The van der Waals surface area contributed by atoms with Crippen LogP contribution in [-0.4, -0.2) is 34.6 Å². The van der Waals surface area contributed by atoms with Crippen molar-refractivity contribution in [1.82, 2.24) is 15.0 Å². The summed E-state index contributed by atoms with van der Waals surface area (Å²) in [5.74, 6) is 0.215. The van der Waals surface area contributed by atoms with Crippen molar-refractivity contribution >= 4 is 27.9 Å². The third-order valence-electron chi connectivity index (χ3n) is 3.00. The van der Waals surface area contributed by atoms with Gasteiger partial charge >= 0.3 is 5.97 Å². The smallest absolute Gasteiger partial charge is 0.376 e. The number of ether oxygens (including phenoxy) is 2. The number of carbonyl (C=O) groups excluding carboxylic acids is 1. The first-order valence-electron chi connectivity index (χ1n) is 6.23. The van der Waals surface area contributed by atoms with E-state index in [4.69, 9.17) is 9.47 Å². The maximum atomic E-state index is 11.7. The molecule has 2 heterocycles. The topological polar surface area (TPSA) is 77.1 Å². The highest BCUT2D eigenvalue weighted by molar-refractivity contribution is 6.08. The van der Waals surface area contributed by atoms with Gasteiger partial charge < -0.3 is 14.5 Å². The molecule has 0 saturated carbocycles. The van der Waals surface area contributed by atoms with Gasteiger partial charge in [-0.1, -0.05) is 6.07 Å². The molecular formula is C14H13N3O3. The van der Waals surface area contributed by atoms with Gasteiger partial charge in [0.15, 0.2) is 0 Å². The van der Waals surface area contributed by atoms with Gasteiger partial charge in [-0.25, -0.2) is 14.8 Å². The number of carbonyl (C=O) groups is 1. The first kappa shape index (κ1) is 12.4. The molecule has 0 amide bonds. The van der Waals surface area contributed by atoms with Crippen LogP contribution in [0, 0.1) is 0 Å². The van der Waals surface area contributed by atoms with Crippen LogP contribution in [0.25, 0.3) is 21.9 Å². The Labute approximate surface area is 114 Å². The van der Waals surface area contributed by atoms with Crippen molar-refractivity contribution in [3.8, 4) is 5.75 Å². The molecule has 0 aliphatic heterocycles. The van der Waals surface area contributed by atoms with Gasteiger partial charge in [-0.15, -0.1) is 0 Å². The Bertz CT molecular complexity index is 795. The molecule has 3 aromatic rings. The predicted molar refractivity (Wildman–Crippen MR) is 73.9 cm³/mol. The maximum absolute atomic E-state index is 11.7. The van der Waals surface area contributed by atoms with E-state index in [1.807, 2.05) is 18.2 Å². The third kappa shape index (κ3) is 1.85. The van der Waals surface area contributed by atoms with Gasteiger partial charge in [0.25, 0.3) is 0 Å². The first-order valence-corrected chi connectivity index (χ1v) is 6.23. The molecule has 0 aliphatic rings. The van der Waals surface area contributed by atoms with Gasteiger partial charge in [0, 0.05) is 0 Å². The Morgan fingerprint density at radius 1 is 1.35 bits per heavy atom. The number of esters is 1. The van der Waals surface area contributed by atoms with E-state index in [1.54, 1.807) is 20.2 Å². The Hall–Kier alpha value is -2.63. The van der Waals surface area contributed by atoms with Gasteiger partial charge in [-0.05, 0) is 19.1 Å². The molecule has 20 heavy (non-hydrogen) atoms. The number of rotatable bonds is 3. The summed E-state index contributed by atoms with van der Waals surface area (Å²) in [5.41, 5.74) is 2.28. The van der Waals surface area contributed by atoms with Crippen molar-refractivity contribution in [2.24, 2.45) is 0 Å². The van der Waals surface area contributed by atoms with E-state index in [9.17, 15) is 4.79 Å². The average molecular weight is 271 g/mol. The summed E-state index contributed by atoms with van der Waals surface area (Å²) in [6.45, 7) is 2.03. The molecule has 0 fully saturated rings. The number of fused-ring (bicyclic) bond motifs is 3. The minimum Gasteiger partial charge on any atom is -0.496 e. The molecule has 1 aromatic carbocycles. The second-order valence-corrected chi connectivity index (χ2v) is 4.18. The van der Waals surface area contributed by atoms with Crippen LogP contribution in [0.2, 0.25) is 0 Å². The van der Waals surface area contributed by atoms with E-state index in [2.05, 4.69) is 15.0 Å². The normalized spacial score (nSPS) is 10.9. The summed E-state index contributed by atoms with van der Waals surface area (Å²) in [7, 11) is 1.60. The highest BCUT2D eigenvalue weighted by Crippen LogP contribution is 2.31. The van der Waals surface area contributed by atoms with Gasteiger partial charge in [0.05, 0.1) is 36.3 Å². The van der Waals surface area contributed by atoms with Gasteiger partial charge in [-0.3, -0.25) is 0 Å². The summed E-state index contributed by atoms with van der Waals surface area (Å²) >= 11 is 0. The lowest BCUT2D eigenvalue weighted by molar-refractivity contribution is 0.0512. The standard InChI is InChI=1S/C14H13N3O3/c1-3-20-14(18)13-15-7-9-12(17-13)11-8(16-9)5-4-6-10(11)19-2/h4-7,16H,3H2,1-2H3. The lowest BCUT2D eigenvalue weighted by Crippen LogP contribution is -2.09. The zero-order valence-corrected chi connectivity index (χ0v) is 11.1. The molecule has 0 unspecified atom stereocenters. The molecule has 102 valence electrons. The van der Waals surface area contributed by atoms with Crippen LogP contribution < -0.4 is 4.74 Å². The molecule has 3 rings (SSSR count). The largest absolute Gasteiger partial charge is 0.496 e. The zero-order chi connectivity index (χ0) is 14.1. The lowest BCUT2D eigenvalue weighted by Gasteiger charge is -2.02.